The summed E-state index contributed by atoms with van der Waals surface area (Å²) in [4.78, 5) is 32.5. The van der Waals surface area contributed by atoms with Crippen LogP contribution in [0, 0.1) is 0 Å². The van der Waals surface area contributed by atoms with Crippen LogP contribution in [0.3, 0.4) is 0 Å². The summed E-state index contributed by atoms with van der Waals surface area (Å²) in [6.07, 6.45) is 2.62. The van der Waals surface area contributed by atoms with Gasteiger partial charge in [0.05, 0.1) is 0 Å². The Kier molecular flexibility index (Phi) is 6.34. The molecule has 162 valence electrons. The highest BCUT2D eigenvalue weighted by molar-refractivity contribution is 5.69. The highest BCUT2D eigenvalue weighted by atomic mass is 16.6. The van der Waals surface area contributed by atoms with Crippen molar-refractivity contribution in [3.05, 3.63) is 48.0 Å². The minimum absolute atomic E-state index is 0.291. The Morgan fingerprint density at radius 3 is 2.33 bits per heavy atom. The molecule has 0 saturated carbocycles. The maximum Gasteiger partial charge on any atom is 0.410 e. The minimum atomic E-state index is -0.609. The number of rotatable bonds is 4. The number of benzene rings is 1. The number of aryl methyl sites for hydroxylation is 1. The topological polar surface area (TPSA) is 76.9 Å². The third kappa shape index (κ3) is 5.11. The lowest BCUT2D eigenvalue weighted by molar-refractivity contribution is -0.145. The average Bonchev–Trinajstić information content (AvgIpc) is 3.10. The van der Waals surface area contributed by atoms with Gasteiger partial charge in [-0.05, 0) is 26.8 Å². The van der Waals surface area contributed by atoms with Crippen LogP contribution in [-0.4, -0.2) is 58.3 Å². The summed E-state index contributed by atoms with van der Waals surface area (Å²) in [5.74, 6) is 0.289. The molecule has 1 saturated heterocycles. The molecule has 1 aromatic heterocycles. The summed E-state index contributed by atoms with van der Waals surface area (Å²) >= 11 is 0. The molecule has 8 nitrogen and oxygen atoms in total. The van der Waals surface area contributed by atoms with E-state index in [1.165, 1.54) is 6.92 Å². The third-order valence-corrected chi connectivity index (χ3v) is 4.87. The van der Waals surface area contributed by atoms with E-state index >= 15 is 0 Å². The molecule has 0 radical (unpaired) electrons. The van der Waals surface area contributed by atoms with Crippen LogP contribution in [0.5, 0.6) is 0 Å². The van der Waals surface area contributed by atoms with Crippen LogP contribution in [0.25, 0.3) is 0 Å². The first-order valence-corrected chi connectivity index (χ1v) is 10.1. The number of piperazine rings is 1. The van der Waals surface area contributed by atoms with Crippen LogP contribution >= 0.6 is 0 Å². The van der Waals surface area contributed by atoms with E-state index in [0.29, 0.717) is 32.0 Å². The number of carbonyl (C=O) groups is 2. The largest absolute Gasteiger partial charge is 0.449 e. The van der Waals surface area contributed by atoms with Gasteiger partial charge in [-0.2, -0.15) is 0 Å². The molecule has 0 spiro atoms. The van der Waals surface area contributed by atoms with Gasteiger partial charge >= 0.3 is 12.1 Å². The summed E-state index contributed by atoms with van der Waals surface area (Å²) in [5, 5.41) is 0. The van der Waals surface area contributed by atoms with E-state index in [0.717, 1.165) is 11.3 Å². The molecule has 1 atom stereocenters. The van der Waals surface area contributed by atoms with E-state index < -0.39 is 11.7 Å². The number of ether oxygens (including phenoxy) is 2. The predicted octanol–water partition coefficient (Wildman–Crippen LogP) is 3.13. The quantitative estimate of drug-likeness (QED) is 0.716. The van der Waals surface area contributed by atoms with Gasteiger partial charge in [-0.25, -0.2) is 9.78 Å². The molecule has 0 aliphatic carbocycles. The van der Waals surface area contributed by atoms with Crippen molar-refractivity contribution in [2.45, 2.75) is 39.4 Å². The van der Waals surface area contributed by atoms with Gasteiger partial charge in [-0.15, -0.1) is 0 Å². The molecule has 0 bridgehead atoms. The van der Waals surface area contributed by atoms with Crippen molar-refractivity contribution < 1.29 is 19.1 Å². The zero-order valence-corrected chi connectivity index (χ0v) is 18.3. The average molecular weight is 415 g/mol. The smallest absolute Gasteiger partial charge is 0.410 e. The fraction of sp³-hybridized carbons (Fsp3) is 0.500. The van der Waals surface area contributed by atoms with Crippen LogP contribution in [0.2, 0.25) is 0 Å². The summed E-state index contributed by atoms with van der Waals surface area (Å²) in [6, 6.07) is 7.85. The van der Waals surface area contributed by atoms with Gasteiger partial charge in [0.25, 0.3) is 0 Å². The van der Waals surface area contributed by atoms with Gasteiger partial charge in [0.1, 0.15) is 5.60 Å². The number of imidazole rings is 1. The normalized spacial score (nSPS) is 15.6. The third-order valence-electron chi connectivity index (χ3n) is 4.87. The van der Waals surface area contributed by atoms with Crippen molar-refractivity contribution in [2.24, 2.45) is 7.05 Å². The Morgan fingerprint density at radius 2 is 1.77 bits per heavy atom. The lowest BCUT2D eigenvalue weighted by atomic mass is 10.0. The van der Waals surface area contributed by atoms with Gasteiger partial charge in [0.15, 0.2) is 11.9 Å². The lowest BCUT2D eigenvalue weighted by Gasteiger charge is -2.38. The van der Waals surface area contributed by atoms with Crippen molar-refractivity contribution >= 4 is 17.7 Å². The molecule has 2 heterocycles. The standard InChI is InChI=1S/C22H30N4O4/c1-16(27)29-19(20-23-10-11-24(20)5)17-8-6-7-9-18(17)25-12-14-26(15-13-25)21(28)30-22(2,3)4/h6-11,19H,12-15H2,1-5H3. The molecule has 1 fully saturated rings. The second-order valence-corrected chi connectivity index (χ2v) is 8.40. The Bertz CT molecular complexity index is 895. The SMILES string of the molecule is CC(=O)OC(c1ccccc1N1CCN(C(=O)OC(C)(C)C)CC1)c1nccn1C. The Hall–Kier alpha value is -3.03. The number of carbonyl (C=O) groups excluding carboxylic acids is 2. The summed E-state index contributed by atoms with van der Waals surface area (Å²) in [5.41, 5.74) is 1.32. The first kappa shape index (κ1) is 21.7. The number of nitrogens with zero attached hydrogens (tertiary/aromatic N) is 4. The molecule has 1 aliphatic heterocycles. The number of aromatic nitrogens is 2. The summed E-state index contributed by atoms with van der Waals surface area (Å²) in [6.45, 7) is 9.43. The van der Waals surface area contributed by atoms with Gasteiger partial charge in [0.2, 0.25) is 0 Å². The van der Waals surface area contributed by atoms with E-state index in [9.17, 15) is 9.59 Å². The van der Waals surface area contributed by atoms with Crippen LogP contribution in [0.15, 0.2) is 36.7 Å². The van der Waals surface area contributed by atoms with Crippen LogP contribution in [-0.2, 0) is 21.3 Å². The highest BCUT2D eigenvalue weighted by Crippen LogP contribution is 2.33. The summed E-state index contributed by atoms with van der Waals surface area (Å²) in [7, 11) is 1.88. The van der Waals surface area contributed by atoms with E-state index in [4.69, 9.17) is 9.47 Å². The minimum Gasteiger partial charge on any atom is -0.449 e. The number of para-hydroxylation sites is 1. The van der Waals surface area contributed by atoms with Crippen LogP contribution < -0.4 is 4.90 Å². The Morgan fingerprint density at radius 1 is 1.10 bits per heavy atom. The number of hydrogen-bond donors (Lipinski definition) is 0. The highest BCUT2D eigenvalue weighted by Gasteiger charge is 2.30. The molecule has 0 N–H and O–H groups in total. The number of anilines is 1. The number of amides is 1. The molecule has 1 aliphatic rings. The van der Waals surface area contributed by atoms with Crippen molar-refractivity contribution in [1.29, 1.82) is 0 Å². The fourth-order valence-corrected chi connectivity index (χ4v) is 3.50. The van der Waals surface area contributed by atoms with Gasteiger partial charge < -0.3 is 23.8 Å². The molecule has 1 amide bonds. The van der Waals surface area contributed by atoms with Gasteiger partial charge in [-0.1, -0.05) is 18.2 Å². The molecule has 8 heteroatoms. The monoisotopic (exact) mass is 414 g/mol. The fourth-order valence-electron chi connectivity index (χ4n) is 3.50. The molecule has 2 aromatic rings. The van der Waals surface area contributed by atoms with Crippen molar-refractivity contribution in [2.75, 3.05) is 31.1 Å². The van der Waals surface area contributed by atoms with Crippen molar-refractivity contribution in [1.82, 2.24) is 14.5 Å². The van der Waals surface area contributed by atoms with Crippen molar-refractivity contribution in [3.8, 4) is 0 Å². The second kappa shape index (κ2) is 8.77. The lowest BCUT2D eigenvalue weighted by Crippen LogP contribution is -2.50. The predicted molar refractivity (Wildman–Crippen MR) is 113 cm³/mol. The van der Waals surface area contributed by atoms with E-state index in [1.54, 1.807) is 11.1 Å². The number of hydrogen-bond acceptors (Lipinski definition) is 6. The maximum atomic E-state index is 12.4. The Labute approximate surface area is 177 Å². The summed E-state index contributed by atoms with van der Waals surface area (Å²) < 4.78 is 13.0. The van der Waals surface area contributed by atoms with Crippen LogP contribution in [0.4, 0.5) is 10.5 Å². The van der Waals surface area contributed by atoms with Crippen LogP contribution in [0.1, 0.15) is 45.2 Å². The zero-order valence-electron chi connectivity index (χ0n) is 18.3. The first-order valence-electron chi connectivity index (χ1n) is 10.1. The Balaban J connectivity index is 1.81. The molecule has 3 rings (SSSR count). The van der Waals surface area contributed by atoms with E-state index in [2.05, 4.69) is 9.88 Å². The maximum absolute atomic E-state index is 12.4. The first-order chi connectivity index (χ1) is 14.2. The van der Waals surface area contributed by atoms with E-state index in [-0.39, 0.29) is 12.1 Å². The molecular weight excluding hydrogens is 384 g/mol. The second-order valence-electron chi connectivity index (χ2n) is 8.40. The van der Waals surface area contributed by atoms with Crippen molar-refractivity contribution in [3.63, 3.8) is 0 Å². The molecule has 1 unspecified atom stereocenters. The molecule has 1 aromatic carbocycles. The molecule has 30 heavy (non-hydrogen) atoms. The molecular formula is C22H30N4O4. The van der Waals surface area contributed by atoms with Gasteiger partial charge in [-0.3, -0.25) is 4.79 Å². The number of esters is 1. The van der Waals surface area contributed by atoms with E-state index in [1.807, 2.05) is 62.8 Å². The van der Waals surface area contributed by atoms with Gasteiger partial charge in [0, 0.05) is 63.8 Å². The zero-order chi connectivity index (χ0) is 21.9.